The first kappa shape index (κ1) is 8.57. The number of aromatic hydroxyl groups is 1. The standard InChI is InChI=1S/C6H8N2O4/c9-5-1-4(2-7-11)8(12)3-6(5)10/h1,3,7,10-12H,2H2. The largest absolute Gasteiger partial charge is 0.503 e. The van der Waals surface area contributed by atoms with Gasteiger partial charge in [0.1, 0.15) is 0 Å². The molecule has 6 heteroatoms. The van der Waals surface area contributed by atoms with Crippen LogP contribution in [0.5, 0.6) is 5.75 Å². The molecular formula is C6H8N2O4. The zero-order chi connectivity index (χ0) is 9.14. The van der Waals surface area contributed by atoms with Gasteiger partial charge in [-0.1, -0.05) is 0 Å². The highest BCUT2D eigenvalue weighted by Gasteiger charge is 2.03. The average Bonchev–Trinajstić information content (AvgIpc) is 2.01. The van der Waals surface area contributed by atoms with Crippen molar-refractivity contribution in [3.05, 3.63) is 28.2 Å². The molecule has 0 saturated heterocycles. The third-order valence-corrected chi connectivity index (χ3v) is 1.35. The van der Waals surface area contributed by atoms with Crippen molar-refractivity contribution in [2.45, 2.75) is 6.54 Å². The van der Waals surface area contributed by atoms with Gasteiger partial charge in [0.05, 0.1) is 18.4 Å². The normalized spacial score (nSPS) is 10.1. The van der Waals surface area contributed by atoms with E-state index >= 15 is 0 Å². The molecule has 4 N–H and O–H groups in total. The van der Waals surface area contributed by atoms with Crippen molar-refractivity contribution < 1.29 is 15.5 Å². The summed E-state index contributed by atoms with van der Waals surface area (Å²) >= 11 is 0. The molecule has 0 aliphatic carbocycles. The lowest BCUT2D eigenvalue weighted by Gasteiger charge is -2.04. The highest BCUT2D eigenvalue weighted by molar-refractivity contribution is 5.19. The molecule has 0 atom stereocenters. The Morgan fingerprint density at radius 2 is 2.25 bits per heavy atom. The van der Waals surface area contributed by atoms with Gasteiger partial charge in [0, 0.05) is 6.07 Å². The Balaban J connectivity index is 3.14. The van der Waals surface area contributed by atoms with Crippen molar-refractivity contribution in [2.24, 2.45) is 0 Å². The fraction of sp³-hybridized carbons (Fsp3) is 0.167. The summed E-state index contributed by atoms with van der Waals surface area (Å²) in [5.41, 5.74) is 1.32. The van der Waals surface area contributed by atoms with E-state index in [1.165, 1.54) is 0 Å². The fourth-order valence-electron chi connectivity index (χ4n) is 0.767. The minimum absolute atomic E-state index is 0.0774. The Labute approximate surface area is 67.2 Å². The second kappa shape index (κ2) is 3.24. The van der Waals surface area contributed by atoms with Crippen LogP contribution in [0.2, 0.25) is 0 Å². The minimum Gasteiger partial charge on any atom is -0.503 e. The van der Waals surface area contributed by atoms with E-state index in [-0.39, 0.29) is 12.2 Å². The van der Waals surface area contributed by atoms with E-state index in [1.54, 1.807) is 5.48 Å². The van der Waals surface area contributed by atoms with Gasteiger partial charge in [-0.15, -0.1) is 0 Å². The molecule has 0 fully saturated rings. The van der Waals surface area contributed by atoms with Crippen molar-refractivity contribution in [3.8, 4) is 5.75 Å². The Morgan fingerprint density at radius 3 is 2.83 bits per heavy atom. The van der Waals surface area contributed by atoms with Crippen molar-refractivity contribution in [1.82, 2.24) is 10.2 Å². The van der Waals surface area contributed by atoms with Crippen LogP contribution in [-0.2, 0) is 6.54 Å². The molecule has 0 aliphatic heterocycles. The summed E-state index contributed by atoms with van der Waals surface area (Å²) in [4.78, 5) is 10.8. The highest BCUT2D eigenvalue weighted by Crippen LogP contribution is 2.01. The van der Waals surface area contributed by atoms with E-state index in [1.807, 2.05) is 0 Å². The summed E-state index contributed by atoms with van der Waals surface area (Å²) in [5.74, 6) is -0.542. The van der Waals surface area contributed by atoms with Crippen LogP contribution in [0.3, 0.4) is 0 Å². The highest BCUT2D eigenvalue weighted by atomic mass is 16.5. The number of rotatable bonds is 2. The van der Waals surface area contributed by atoms with Crippen LogP contribution in [0, 0.1) is 0 Å². The maximum atomic E-state index is 10.8. The van der Waals surface area contributed by atoms with Crippen molar-refractivity contribution in [1.29, 1.82) is 0 Å². The Hall–Kier alpha value is -1.53. The van der Waals surface area contributed by atoms with Crippen LogP contribution < -0.4 is 10.9 Å². The molecule has 0 radical (unpaired) electrons. The van der Waals surface area contributed by atoms with Gasteiger partial charge in [-0.05, 0) is 0 Å². The summed E-state index contributed by atoms with van der Waals surface area (Å²) in [7, 11) is 0. The van der Waals surface area contributed by atoms with Crippen LogP contribution >= 0.6 is 0 Å². The Bertz CT molecular complexity index is 333. The van der Waals surface area contributed by atoms with E-state index in [2.05, 4.69) is 0 Å². The quantitative estimate of drug-likeness (QED) is 0.348. The van der Waals surface area contributed by atoms with Gasteiger partial charge in [-0.2, -0.15) is 10.2 Å². The number of nitrogens with zero attached hydrogens (tertiary/aromatic N) is 1. The lowest BCUT2D eigenvalue weighted by atomic mass is 10.3. The molecule has 12 heavy (non-hydrogen) atoms. The molecular weight excluding hydrogens is 164 g/mol. The van der Waals surface area contributed by atoms with Gasteiger partial charge in [-0.25, -0.2) is 0 Å². The zero-order valence-corrected chi connectivity index (χ0v) is 6.06. The number of aromatic nitrogens is 1. The monoisotopic (exact) mass is 172 g/mol. The Kier molecular flexibility index (Phi) is 2.32. The molecule has 0 spiro atoms. The first-order valence-corrected chi connectivity index (χ1v) is 3.16. The molecule has 6 nitrogen and oxygen atoms in total. The molecule has 1 aromatic heterocycles. The molecule has 66 valence electrons. The second-order valence-electron chi connectivity index (χ2n) is 2.19. The number of hydroxylamine groups is 1. The first-order valence-electron chi connectivity index (χ1n) is 3.16. The molecule has 0 aliphatic rings. The lowest BCUT2D eigenvalue weighted by Crippen LogP contribution is -2.16. The van der Waals surface area contributed by atoms with E-state index < -0.39 is 11.2 Å². The van der Waals surface area contributed by atoms with Crippen LogP contribution in [-0.4, -0.2) is 20.3 Å². The SMILES string of the molecule is O=c1cc(CNO)n(O)cc1O. The number of hydrogen-bond donors (Lipinski definition) is 4. The van der Waals surface area contributed by atoms with Crippen LogP contribution in [0.4, 0.5) is 0 Å². The summed E-state index contributed by atoms with van der Waals surface area (Å²) in [6, 6.07) is 1.01. The molecule has 0 unspecified atom stereocenters. The molecule has 1 aromatic rings. The van der Waals surface area contributed by atoms with Gasteiger partial charge in [-0.3, -0.25) is 4.79 Å². The smallest absolute Gasteiger partial charge is 0.223 e. The van der Waals surface area contributed by atoms with E-state index in [4.69, 9.17) is 15.5 Å². The summed E-state index contributed by atoms with van der Waals surface area (Å²) in [6.45, 7) is -0.0774. The van der Waals surface area contributed by atoms with Crippen LogP contribution in [0.1, 0.15) is 5.69 Å². The zero-order valence-electron chi connectivity index (χ0n) is 6.06. The lowest BCUT2D eigenvalue weighted by molar-refractivity contribution is 0.131. The van der Waals surface area contributed by atoms with Gasteiger partial charge in [0.2, 0.25) is 5.43 Å². The molecule has 0 bridgehead atoms. The van der Waals surface area contributed by atoms with E-state index in [0.29, 0.717) is 4.73 Å². The molecule has 0 amide bonds. The number of pyridine rings is 1. The first-order chi connectivity index (χ1) is 5.65. The topological polar surface area (TPSA) is 94.7 Å². The maximum absolute atomic E-state index is 10.8. The molecule has 0 saturated carbocycles. The summed E-state index contributed by atoms with van der Waals surface area (Å²) < 4.78 is 0.556. The third-order valence-electron chi connectivity index (χ3n) is 1.35. The fourth-order valence-corrected chi connectivity index (χ4v) is 0.767. The van der Waals surface area contributed by atoms with Crippen molar-refractivity contribution in [3.63, 3.8) is 0 Å². The van der Waals surface area contributed by atoms with E-state index in [0.717, 1.165) is 12.3 Å². The predicted molar refractivity (Wildman–Crippen MR) is 38.2 cm³/mol. The molecule has 1 rings (SSSR count). The minimum atomic E-state index is -0.606. The number of nitrogens with one attached hydrogen (secondary N) is 1. The average molecular weight is 172 g/mol. The van der Waals surface area contributed by atoms with Gasteiger partial charge < -0.3 is 15.5 Å². The van der Waals surface area contributed by atoms with Gasteiger partial charge >= 0.3 is 0 Å². The van der Waals surface area contributed by atoms with Crippen LogP contribution in [0.15, 0.2) is 17.1 Å². The molecule has 0 aromatic carbocycles. The summed E-state index contributed by atoms with van der Waals surface area (Å²) in [5, 5.41) is 26.1. The third kappa shape index (κ3) is 1.55. The van der Waals surface area contributed by atoms with Crippen LogP contribution in [0.25, 0.3) is 0 Å². The van der Waals surface area contributed by atoms with Crippen molar-refractivity contribution >= 4 is 0 Å². The summed E-state index contributed by atoms with van der Waals surface area (Å²) in [6.07, 6.45) is 0.856. The van der Waals surface area contributed by atoms with Gasteiger partial charge in [0.15, 0.2) is 5.75 Å². The van der Waals surface area contributed by atoms with E-state index in [9.17, 15) is 4.79 Å². The molecule has 1 heterocycles. The second-order valence-corrected chi connectivity index (χ2v) is 2.19. The van der Waals surface area contributed by atoms with Gasteiger partial charge in [0.25, 0.3) is 0 Å². The Morgan fingerprint density at radius 1 is 1.58 bits per heavy atom. The number of hydrogen-bond acceptors (Lipinski definition) is 5. The van der Waals surface area contributed by atoms with Crippen molar-refractivity contribution in [2.75, 3.05) is 0 Å². The predicted octanol–water partition coefficient (Wildman–Crippen LogP) is -0.730. The maximum Gasteiger partial charge on any atom is 0.223 e.